The number of halogens is 1. The van der Waals surface area contributed by atoms with Gasteiger partial charge in [0.2, 0.25) is 0 Å². The van der Waals surface area contributed by atoms with E-state index in [4.69, 9.17) is 4.74 Å². The van der Waals surface area contributed by atoms with E-state index >= 15 is 0 Å². The van der Waals surface area contributed by atoms with Crippen LogP contribution in [-0.4, -0.2) is 12.4 Å². The van der Waals surface area contributed by atoms with Gasteiger partial charge in [-0.25, -0.2) is 0 Å². The molecular formula is C18H18BrNO2. The molecule has 2 aromatic carbocycles. The molecule has 0 amide bonds. The van der Waals surface area contributed by atoms with Gasteiger partial charge in [-0.15, -0.1) is 0 Å². The second-order valence-corrected chi connectivity index (χ2v) is 5.68. The number of rotatable bonds is 7. The molecule has 0 fully saturated rings. The summed E-state index contributed by atoms with van der Waals surface area (Å²) in [5, 5.41) is 3.16. The maximum atomic E-state index is 12.2. The fourth-order valence-corrected chi connectivity index (χ4v) is 2.28. The lowest BCUT2D eigenvalue weighted by Crippen LogP contribution is -2.07. The number of carbonyl (C=O) groups excluding carboxylic acids is 1. The molecule has 0 atom stereocenters. The molecule has 4 heteroatoms. The molecule has 0 saturated heterocycles. The first-order valence-electron chi connectivity index (χ1n) is 7.05. The summed E-state index contributed by atoms with van der Waals surface area (Å²) in [6.07, 6.45) is 0.238. The van der Waals surface area contributed by atoms with Crippen LogP contribution in [0, 0.1) is 0 Å². The van der Waals surface area contributed by atoms with Gasteiger partial charge in [-0.3, -0.25) is 4.79 Å². The summed E-state index contributed by atoms with van der Waals surface area (Å²) < 4.78 is 6.50. The molecule has 0 aromatic heterocycles. The van der Waals surface area contributed by atoms with E-state index in [0.717, 1.165) is 15.9 Å². The number of para-hydroxylation sites is 2. The number of hydrogen-bond acceptors (Lipinski definition) is 3. The first kappa shape index (κ1) is 16.3. The Morgan fingerprint density at radius 3 is 2.55 bits per heavy atom. The van der Waals surface area contributed by atoms with E-state index in [-0.39, 0.29) is 12.2 Å². The van der Waals surface area contributed by atoms with Gasteiger partial charge in [0.15, 0.2) is 5.78 Å². The fourth-order valence-electron chi connectivity index (χ4n) is 2.02. The average Bonchev–Trinajstić information content (AvgIpc) is 2.50. The number of allylic oxidation sites excluding steroid dienone is 1. The fraction of sp³-hybridized carbons (Fsp3) is 0.167. The number of ketones is 1. The Balaban J connectivity index is 2.01. The van der Waals surface area contributed by atoms with Crippen molar-refractivity contribution in [2.24, 2.45) is 0 Å². The zero-order valence-electron chi connectivity index (χ0n) is 12.4. The third-order valence-corrected chi connectivity index (χ3v) is 3.57. The monoisotopic (exact) mass is 359 g/mol. The van der Waals surface area contributed by atoms with Gasteiger partial charge < -0.3 is 10.1 Å². The van der Waals surface area contributed by atoms with Crippen molar-refractivity contribution in [1.82, 2.24) is 0 Å². The zero-order valence-corrected chi connectivity index (χ0v) is 14.0. The van der Waals surface area contributed by atoms with Crippen LogP contribution in [-0.2, 0) is 0 Å². The molecule has 22 heavy (non-hydrogen) atoms. The molecule has 114 valence electrons. The third kappa shape index (κ3) is 4.46. The van der Waals surface area contributed by atoms with Crippen LogP contribution >= 0.6 is 15.9 Å². The highest BCUT2D eigenvalue weighted by atomic mass is 79.9. The van der Waals surface area contributed by atoms with E-state index in [1.54, 1.807) is 12.1 Å². The Labute approximate surface area is 139 Å². The summed E-state index contributed by atoms with van der Waals surface area (Å²) in [6, 6.07) is 14.9. The van der Waals surface area contributed by atoms with E-state index in [9.17, 15) is 4.79 Å². The highest BCUT2D eigenvalue weighted by Gasteiger charge is 2.09. The highest BCUT2D eigenvalue weighted by molar-refractivity contribution is 9.10. The van der Waals surface area contributed by atoms with Gasteiger partial charge >= 0.3 is 0 Å². The second kappa shape index (κ2) is 7.80. The molecule has 1 N–H and O–H groups in total. The summed E-state index contributed by atoms with van der Waals surface area (Å²) in [4.78, 5) is 12.2. The topological polar surface area (TPSA) is 38.3 Å². The second-order valence-electron chi connectivity index (χ2n) is 4.76. The quantitative estimate of drug-likeness (QED) is 0.703. The van der Waals surface area contributed by atoms with Gasteiger partial charge in [0, 0.05) is 15.7 Å². The molecule has 0 unspecified atom stereocenters. The summed E-state index contributed by atoms with van der Waals surface area (Å²) in [7, 11) is 0. The van der Waals surface area contributed by atoms with Gasteiger partial charge in [-0.1, -0.05) is 46.8 Å². The van der Waals surface area contributed by atoms with Gasteiger partial charge in [-0.2, -0.15) is 0 Å². The van der Waals surface area contributed by atoms with Crippen molar-refractivity contribution < 1.29 is 9.53 Å². The van der Waals surface area contributed by atoms with Crippen molar-refractivity contribution in [1.29, 1.82) is 0 Å². The van der Waals surface area contributed by atoms with Crippen LogP contribution in [0.4, 0.5) is 5.69 Å². The molecule has 0 heterocycles. The summed E-state index contributed by atoms with van der Waals surface area (Å²) >= 11 is 3.36. The van der Waals surface area contributed by atoms with Crippen molar-refractivity contribution >= 4 is 27.4 Å². The third-order valence-electron chi connectivity index (χ3n) is 3.04. The van der Waals surface area contributed by atoms with Crippen LogP contribution in [0.15, 0.2) is 65.3 Å². The van der Waals surface area contributed by atoms with Crippen LogP contribution in [0.1, 0.15) is 23.7 Å². The molecule has 0 spiro atoms. The predicted octanol–water partition coefficient (Wildman–Crippen LogP) is 5.05. The van der Waals surface area contributed by atoms with E-state index < -0.39 is 0 Å². The van der Waals surface area contributed by atoms with Gasteiger partial charge in [0.25, 0.3) is 0 Å². The molecule has 0 aliphatic rings. The average molecular weight is 360 g/mol. The van der Waals surface area contributed by atoms with E-state index in [2.05, 4.69) is 27.8 Å². The molecule has 0 radical (unpaired) electrons. The molecule has 0 saturated carbocycles. The van der Waals surface area contributed by atoms with Crippen molar-refractivity contribution in [3.63, 3.8) is 0 Å². The van der Waals surface area contributed by atoms with E-state index in [1.165, 1.54) is 0 Å². The maximum Gasteiger partial charge on any atom is 0.168 e. The van der Waals surface area contributed by atoms with E-state index in [1.807, 2.05) is 43.3 Å². The molecule has 3 nitrogen and oxygen atoms in total. The lowest BCUT2D eigenvalue weighted by atomic mass is 10.1. The first-order valence-corrected chi connectivity index (χ1v) is 7.85. The molecule has 0 aliphatic carbocycles. The molecular weight excluding hydrogens is 342 g/mol. The van der Waals surface area contributed by atoms with Crippen molar-refractivity contribution in [2.75, 3.05) is 11.9 Å². The minimum absolute atomic E-state index is 0.0268. The molecule has 2 aromatic rings. The van der Waals surface area contributed by atoms with Crippen LogP contribution in [0.2, 0.25) is 0 Å². The molecule has 2 rings (SSSR count). The Kier molecular flexibility index (Phi) is 5.78. The van der Waals surface area contributed by atoms with Crippen LogP contribution in [0.25, 0.3) is 0 Å². The predicted molar refractivity (Wildman–Crippen MR) is 93.5 cm³/mol. The highest BCUT2D eigenvalue weighted by Crippen LogP contribution is 2.25. The largest absolute Gasteiger partial charge is 0.492 e. The standard InChI is InChI=1S/C18H18BrNO2/c1-3-22-18-7-5-4-6-16(18)20-13(2)12-17(21)14-8-10-15(19)11-9-14/h4-11,20H,2-3,12H2,1H3. The lowest BCUT2D eigenvalue weighted by molar-refractivity contribution is 0.0993. The van der Waals surface area contributed by atoms with Crippen molar-refractivity contribution in [3.05, 3.63) is 70.8 Å². The van der Waals surface area contributed by atoms with Gasteiger partial charge in [0.1, 0.15) is 5.75 Å². The number of benzene rings is 2. The smallest absolute Gasteiger partial charge is 0.168 e. The van der Waals surface area contributed by atoms with E-state index in [0.29, 0.717) is 17.9 Å². The normalized spacial score (nSPS) is 10.1. The van der Waals surface area contributed by atoms with Crippen molar-refractivity contribution in [3.8, 4) is 5.75 Å². The SMILES string of the molecule is C=C(CC(=O)c1ccc(Br)cc1)Nc1ccccc1OCC. The molecule has 0 bridgehead atoms. The number of Topliss-reactive ketones (excluding diaryl/α,β-unsaturated/α-hetero) is 1. The maximum absolute atomic E-state index is 12.2. The summed E-state index contributed by atoms with van der Waals surface area (Å²) in [6.45, 7) is 6.46. The minimum Gasteiger partial charge on any atom is -0.492 e. The van der Waals surface area contributed by atoms with Crippen LogP contribution in [0.3, 0.4) is 0 Å². The molecule has 0 aliphatic heterocycles. The van der Waals surface area contributed by atoms with Crippen LogP contribution < -0.4 is 10.1 Å². The number of ether oxygens (including phenoxy) is 1. The van der Waals surface area contributed by atoms with Gasteiger partial charge in [-0.05, 0) is 31.2 Å². The lowest BCUT2D eigenvalue weighted by Gasteiger charge is -2.13. The number of nitrogens with one attached hydrogen (secondary N) is 1. The Hall–Kier alpha value is -2.07. The van der Waals surface area contributed by atoms with Crippen molar-refractivity contribution in [2.45, 2.75) is 13.3 Å². The number of carbonyl (C=O) groups is 1. The Morgan fingerprint density at radius 1 is 1.18 bits per heavy atom. The van der Waals surface area contributed by atoms with Crippen LogP contribution in [0.5, 0.6) is 5.75 Å². The Bertz CT molecular complexity index is 665. The summed E-state index contributed by atoms with van der Waals surface area (Å²) in [5.74, 6) is 0.779. The number of hydrogen-bond donors (Lipinski definition) is 1. The number of anilines is 1. The first-order chi connectivity index (χ1) is 10.6. The Morgan fingerprint density at radius 2 is 1.86 bits per heavy atom. The minimum atomic E-state index is 0.0268. The zero-order chi connectivity index (χ0) is 15.9. The summed E-state index contributed by atoms with van der Waals surface area (Å²) in [5.41, 5.74) is 2.13. The van der Waals surface area contributed by atoms with Gasteiger partial charge in [0.05, 0.1) is 18.7 Å².